The summed E-state index contributed by atoms with van der Waals surface area (Å²) < 4.78 is 12.5. The van der Waals surface area contributed by atoms with E-state index >= 15 is 0 Å². The zero-order chi connectivity index (χ0) is 18.6. The van der Waals surface area contributed by atoms with Crippen molar-refractivity contribution in [2.24, 2.45) is 0 Å². The van der Waals surface area contributed by atoms with Crippen LogP contribution >= 0.6 is 0 Å². The van der Waals surface area contributed by atoms with Gasteiger partial charge in [0.1, 0.15) is 0 Å². The molecule has 0 radical (unpaired) electrons. The van der Waals surface area contributed by atoms with Crippen LogP contribution in [0, 0.1) is 0 Å². The van der Waals surface area contributed by atoms with Crippen LogP contribution in [-0.2, 0) is 27.1 Å². The Morgan fingerprint density at radius 3 is 2.85 bits per heavy atom. The van der Waals surface area contributed by atoms with E-state index in [0.29, 0.717) is 12.2 Å². The van der Waals surface area contributed by atoms with Gasteiger partial charge in [0.25, 0.3) is 5.91 Å². The van der Waals surface area contributed by atoms with Crippen molar-refractivity contribution in [2.45, 2.75) is 38.2 Å². The maximum atomic E-state index is 12.5. The van der Waals surface area contributed by atoms with E-state index in [9.17, 15) is 9.59 Å². The fraction of sp³-hybridized carbons (Fsp3) is 0.450. The Kier molecular flexibility index (Phi) is 5.20. The highest BCUT2D eigenvalue weighted by atomic mass is 16.5. The van der Waals surface area contributed by atoms with E-state index in [4.69, 9.17) is 9.47 Å². The quantitative estimate of drug-likeness (QED) is 0.786. The van der Waals surface area contributed by atoms with Gasteiger partial charge in [-0.2, -0.15) is 5.10 Å². The Morgan fingerprint density at radius 2 is 2.07 bits per heavy atom. The average molecular weight is 369 g/mol. The van der Waals surface area contributed by atoms with Gasteiger partial charge >= 0.3 is 5.97 Å². The van der Waals surface area contributed by atoms with Crippen LogP contribution in [0.1, 0.15) is 41.0 Å². The minimum Gasteiger partial charge on any atom is -0.451 e. The molecule has 1 aliphatic heterocycles. The van der Waals surface area contributed by atoms with Crippen molar-refractivity contribution in [1.82, 2.24) is 15.1 Å². The van der Waals surface area contributed by atoms with Gasteiger partial charge in [-0.25, -0.2) is 9.48 Å². The van der Waals surface area contributed by atoms with Gasteiger partial charge in [0.15, 0.2) is 12.3 Å². The topological polar surface area (TPSA) is 82.5 Å². The minimum atomic E-state index is -0.546. The SMILES string of the molecule is O=C(COC(=O)c1nn(-c2ccccc2)c2c1CCC2)NC[C@H]1CCCO1. The van der Waals surface area contributed by atoms with Crippen molar-refractivity contribution in [3.63, 3.8) is 0 Å². The number of nitrogens with zero attached hydrogens (tertiary/aromatic N) is 2. The summed E-state index contributed by atoms with van der Waals surface area (Å²) in [5, 5.41) is 7.23. The molecule has 1 atom stereocenters. The molecule has 2 heterocycles. The van der Waals surface area contributed by atoms with Gasteiger partial charge < -0.3 is 14.8 Å². The Hall–Kier alpha value is -2.67. The number of benzene rings is 1. The predicted molar refractivity (Wildman–Crippen MR) is 97.9 cm³/mol. The highest BCUT2D eigenvalue weighted by Crippen LogP contribution is 2.28. The second-order valence-electron chi connectivity index (χ2n) is 6.89. The number of carbonyl (C=O) groups is 2. The summed E-state index contributed by atoms with van der Waals surface area (Å²) in [6.45, 7) is 0.887. The molecule has 142 valence electrons. The van der Waals surface area contributed by atoms with E-state index in [1.165, 1.54) is 0 Å². The third kappa shape index (κ3) is 3.88. The van der Waals surface area contributed by atoms with Crippen LogP contribution in [-0.4, -0.2) is 47.5 Å². The van der Waals surface area contributed by atoms with Gasteiger partial charge in [0, 0.05) is 24.4 Å². The van der Waals surface area contributed by atoms with Gasteiger partial charge in [-0.15, -0.1) is 0 Å². The molecule has 0 bridgehead atoms. The summed E-state index contributed by atoms with van der Waals surface area (Å²) >= 11 is 0. The van der Waals surface area contributed by atoms with Crippen molar-refractivity contribution in [3.8, 4) is 5.69 Å². The van der Waals surface area contributed by atoms with Crippen LogP contribution in [0.15, 0.2) is 30.3 Å². The van der Waals surface area contributed by atoms with Crippen molar-refractivity contribution in [3.05, 3.63) is 47.3 Å². The second-order valence-corrected chi connectivity index (χ2v) is 6.89. The Labute approximate surface area is 157 Å². The molecule has 1 fully saturated rings. The molecule has 2 aromatic rings. The molecular formula is C20H23N3O4. The molecule has 1 aromatic carbocycles. The highest BCUT2D eigenvalue weighted by molar-refractivity contribution is 5.91. The molecule has 1 amide bonds. The number of hydrogen-bond donors (Lipinski definition) is 1. The van der Waals surface area contributed by atoms with Crippen LogP contribution in [0.25, 0.3) is 5.69 Å². The van der Waals surface area contributed by atoms with Gasteiger partial charge in [0.05, 0.1) is 11.8 Å². The Bertz CT molecular complexity index is 825. The van der Waals surface area contributed by atoms with Crippen LogP contribution < -0.4 is 5.32 Å². The minimum absolute atomic E-state index is 0.0643. The van der Waals surface area contributed by atoms with E-state index in [2.05, 4.69) is 10.4 Å². The number of para-hydroxylation sites is 1. The first-order valence-corrected chi connectivity index (χ1v) is 9.44. The lowest BCUT2D eigenvalue weighted by molar-refractivity contribution is -0.124. The van der Waals surface area contributed by atoms with E-state index in [1.807, 2.05) is 35.0 Å². The summed E-state index contributed by atoms with van der Waals surface area (Å²) in [4.78, 5) is 24.4. The van der Waals surface area contributed by atoms with Crippen LogP contribution in [0.2, 0.25) is 0 Å². The molecule has 7 nitrogen and oxygen atoms in total. The standard InChI is InChI=1S/C20H23N3O4/c24-18(21-12-15-8-5-11-26-15)13-27-20(25)19-16-9-4-10-17(16)23(22-19)14-6-2-1-3-7-14/h1-3,6-7,15H,4-5,8-13H2,(H,21,24)/t15-/m1/s1. The molecule has 4 rings (SSSR count). The third-order valence-electron chi connectivity index (χ3n) is 5.01. The monoisotopic (exact) mass is 369 g/mol. The zero-order valence-electron chi connectivity index (χ0n) is 15.1. The smallest absolute Gasteiger partial charge is 0.359 e. The van der Waals surface area contributed by atoms with Crippen LogP contribution in [0.5, 0.6) is 0 Å². The summed E-state index contributed by atoms with van der Waals surface area (Å²) in [6.07, 6.45) is 4.70. The highest BCUT2D eigenvalue weighted by Gasteiger charge is 2.28. The first-order valence-electron chi connectivity index (χ1n) is 9.44. The molecule has 0 unspecified atom stereocenters. The summed E-state index contributed by atoms with van der Waals surface area (Å²) in [6, 6.07) is 9.74. The molecule has 2 aliphatic rings. The maximum Gasteiger partial charge on any atom is 0.359 e. The predicted octanol–water partition coefficient (Wildman–Crippen LogP) is 1.81. The first-order chi connectivity index (χ1) is 13.2. The number of carbonyl (C=O) groups excluding carboxylic acids is 2. The summed E-state index contributed by atoms with van der Waals surface area (Å²) in [5.41, 5.74) is 3.22. The molecular weight excluding hydrogens is 346 g/mol. The fourth-order valence-corrected chi connectivity index (χ4v) is 3.67. The Balaban J connectivity index is 1.39. The van der Waals surface area contributed by atoms with Crippen molar-refractivity contribution in [1.29, 1.82) is 0 Å². The van der Waals surface area contributed by atoms with E-state index in [-0.39, 0.29) is 18.6 Å². The maximum absolute atomic E-state index is 12.5. The van der Waals surface area contributed by atoms with Gasteiger partial charge in [-0.3, -0.25) is 4.79 Å². The van der Waals surface area contributed by atoms with E-state index < -0.39 is 5.97 Å². The third-order valence-corrected chi connectivity index (χ3v) is 5.01. The van der Waals surface area contributed by atoms with Crippen molar-refractivity contribution in [2.75, 3.05) is 19.8 Å². The number of fused-ring (bicyclic) bond motifs is 1. The fourth-order valence-electron chi connectivity index (χ4n) is 3.67. The number of aromatic nitrogens is 2. The van der Waals surface area contributed by atoms with Gasteiger partial charge in [-0.1, -0.05) is 18.2 Å². The number of esters is 1. The summed E-state index contributed by atoms with van der Waals surface area (Å²) in [7, 11) is 0. The first kappa shape index (κ1) is 17.7. The molecule has 27 heavy (non-hydrogen) atoms. The molecule has 0 spiro atoms. The van der Waals surface area contributed by atoms with Crippen LogP contribution in [0.3, 0.4) is 0 Å². The molecule has 0 saturated carbocycles. The lowest BCUT2D eigenvalue weighted by atomic mass is 10.2. The molecule has 7 heteroatoms. The van der Waals surface area contributed by atoms with Crippen molar-refractivity contribution < 1.29 is 19.1 Å². The molecule has 1 aromatic heterocycles. The van der Waals surface area contributed by atoms with E-state index in [1.54, 1.807) is 0 Å². The normalized spacial score (nSPS) is 18.3. The number of rotatable bonds is 6. The summed E-state index contributed by atoms with van der Waals surface area (Å²) in [5.74, 6) is -0.868. The van der Waals surface area contributed by atoms with Gasteiger partial charge in [-0.05, 0) is 44.2 Å². The van der Waals surface area contributed by atoms with E-state index in [0.717, 1.165) is 55.7 Å². The number of nitrogens with one attached hydrogen (secondary N) is 1. The number of ether oxygens (including phenoxy) is 2. The largest absolute Gasteiger partial charge is 0.451 e. The molecule has 1 aliphatic carbocycles. The van der Waals surface area contributed by atoms with Crippen molar-refractivity contribution >= 4 is 11.9 Å². The average Bonchev–Trinajstić information content (AvgIpc) is 3.42. The second kappa shape index (κ2) is 7.92. The number of hydrogen-bond acceptors (Lipinski definition) is 5. The molecule has 1 N–H and O–H groups in total. The van der Waals surface area contributed by atoms with Gasteiger partial charge in [0.2, 0.25) is 0 Å². The lowest BCUT2D eigenvalue weighted by Gasteiger charge is -2.10. The number of amides is 1. The Morgan fingerprint density at radius 1 is 1.22 bits per heavy atom. The lowest BCUT2D eigenvalue weighted by Crippen LogP contribution is -2.34. The van der Waals surface area contributed by atoms with Crippen LogP contribution in [0.4, 0.5) is 0 Å². The zero-order valence-corrected chi connectivity index (χ0v) is 15.1. The molecule has 1 saturated heterocycles.